The fourth-order valence-electron chi connectivity index (χ4n) is 2.17. The van der Waals surface area contributed by atoms with Crippen LogP contribution in [0.2, 0.25) is 20.1 Å². The molecule has 0 amide bonds. The van der Waals surface area contributed by atoms with Gasteiger partial charge in [-0.2, -0.15) is 13.2 Å². The smallest absolute Gasteiger partial charge is 0.392 e. The lowest BCUT2D eigenvalue weighted by Gasteiger charge is -2.18. The van der Waals surface area contributed by atoms with Crippen LogP contribution in [0.1, 0.15) is 22.6 Å². The summed E-state index contributed by atoms with van der Waals surface area (Å²) in [6.45, 7) is -0.254. The van der Waals surface area contributed by atoms with Gasteiger partial charge in [0.1, 0.15) is 0 Å². The molecule has 0 aliphatic rings. The standard InChI is InChI=1S/C17H11Cl4F3O/c18-13-5-9(1-3-10(13)8-25)2-4-12(17(22,23)24)11-6-14(19)16(21)15(20)7-11/h1-7,12,25H,8H2/b4-2+. The number of aliphatic hydroxyl groups excluding tert-OH is 1. The van der Waals surface area contributed by atoms with E-state index in [9.17, 15) is 13.2 Å². The quantitative estimate of drug-likeness (QED) is 0.511. The van der Waals surface area contributed by atoms with Crippen molar-refractivity contribution >= 4 is 52.5 Å². The summed E-state index contributed by atoms with van der Waals surface area (Å²) >= 11 is 23.4. The zero-order valence-corrected chi connectivity index (χ0v) is 15.4. The number of aliphatic hydroxyl groups is 1. The second-order valence-electron chi connectivity index (χ2n) is 5.19. The molecule has 0 spiro atoms. The summed E-state index contributed by atoms with van der Waals surface area (Å²) in [7, 11) is 0. The number of rotatable bonds is 4. The van der Waals surface area contributed by atoms with Gasteiger partial charge in [-0.15, -0.1) is 0 Å². The third-order valence-corrected chi connectivity index (χ3v) is 5.00. The van der Waals surface area contributed by atoms with E-state index in [1.807, 2.05) is 0 Å². The number of halogens is 7. The maximum atomic E-state index is 13.4. The fourth-order valence-corrected chi connectivity index (χ4v) is 3.03. The topological polar surface area (TPSA) is 20.2 Å². The minimum atomic E-state index is -4.55. The predicted octanol–water partition coefficient (Wildman–Crippen LogP) is 7.15. The number of allylic oxidation sites excluding steroid dienone is 1. The lowest BCUT2D eigenvalue weighted by Crippen LogP contribution is -2.19. The number of alkyl halides is 3. The van der Waals surface area contributed by atoms with Gasteiger partial charge in [0.25, 0.3) is 0 Å². The van der Waals surface area contributed by atoms with E-state index < -0.39 is 12.1 Å². The van der Waals surface area contributed by atoms with E-state index in [1.165, 1.54) is 12.1 Å². The molecule has 0 aromatic heterocycles. The minimum absolute atomic E-state index is 0.00311. The molecule has 2 aromatic rings. The molecule has 1 nitrogen and oxygen atoms in total. The Hall–Kier alpha value is -0.910. The lowest BCUT2D eigenvalue weighted by atomic mass is 9.97. The number of hydrogen-bond acceptors (Lipinski definition) is 1. The summed E-state index contributed by atoms with van der Waals surface area (Å²) in [6, 6.07) is 6.85. The van der Waals surface area contributed by atoms with Crippen LogP contribution in [0.15, 0.2) is 36.4 Å². The van der Waals surface area contributed by atoms with E-state index in [2.05, 4.69) is 0 Å². The first kappa shape index (κ1) is 20.4. The average Bonchev–Trinajstić information content (AvgIpc) is 2.51. The Morgan fingerprint density at radius 2 is 1.56 bits per heavy atom. The van der Waals surface area contributed by atoms with Gasteiger partial charge in [0, 0.05) is 5.02 Å². The largest absolute Gasteiger partial charge is 0.399 e. The van der Waals surface area contributed by atoms with Crippen LogP contribution in [0.5, 0.6) is 0 Å². The van der Waals surface area contributed by atoms with Gasteiger partial charge in [0.05, 0.1) is 27.6 Å². The molecule has 1 N–H and O–H groups in total. The molecule has 0 aliphatic carbocycles. The second kappa shape index (κ2) is 8.19. The highest BCUT2D eigenvalue weighted by Gasteiger charge is 2.39. The third kappa shape index (κ3) is 5.05. The Bertz CT molecular complexity index is 780. The van der Waals surface area contributed by atoms with E-state index in [0.717, 1.165) is 18.2 Å². The van der Waals surface area contributed by atoms with Crippen LogP contribution < -0.4 is 0 Å². The molecule has 0 radical (unpaired) electrons. The van der Waals surface area contributed by atoms with Crippen LogP contribution in [0.3, 0.4) is 0 Å². The Kier molecular flexibility index (Phi) is 6.68. The van der Waals surface area contributed by atoms with Gasteiger partial charge in [0.2, 0.25) is 0 Å². The van der Waals surface area contributed by atoms with Crippen LogP contribution >= 0.6 is 46.4 Å². The normalized spacial score (nSPS) is 13.4. The molecule has 2 aromatic carbocycles. The molecule has 25 heavy (non-hydrogen) atoms. The van der Waals surface area contributed by atoms with Gasteiger partial charge in [0.15, 0.2) is 0 Å². The van der Waals surface area contributed by atoms with Crippen LogP contribution in [0.4, 0.5) is 13.2 Å². The highest BCUT2D eigenvalue weighted by molar-refractivity contribution is 6.48. The van der Waals surface area contributed by atoms with Gasteiger partial charge < -0.3 is 5.11 Å². The molecular weight excluding hydrogens is 419 g/mol. The van der Waals surface area contributed by atoms with Gasteiger partial charge in [-0.1, -0.05) is 70.7 Å². The second-order valence-corrected chi connectivity index (χ2v) is 6.79. The van der Waals surface area contributed by atoms with Gasteiger partial charge in [-0.25, -0.2) is 0 Å². The molecule has 0 heterocycles. The SMILES string of the molecule is OCc1ccc(/C=C/C(c2cc(Cl)c(Cl)c(Cl)c2)C(F)(F)F)cc1Cl. The van der Waals surface area contributed by atoms with Crippen molar-refractivity contribution < 1.29 is 18.3 Å². The van der Waals surface area contributed by atoms with Gasteiger partial charge in [-0.3, -0.25) is 0 Å². The first-order valence-electron chi connectivity index (χ1n) is 6.92. The Labute approximate surface area is 162 Å². The first-order chi connectivity index (χ1) is 11.6. The molecule has 0 bridgehead atoms. The van der Waals surface area contributed by atoms with Crippen molar-refractivity contribution in [1.29, 1.82) is 0 Å². The Morgan fingerprint density at radius 1 is 0.960 bits per heavy atom. The van der Waals surface area contributed by atoms with Crippen molar-refractivity contribution in [3.05, 3.63) is 73.2 Å². The molecule has 8 heteroatoms. The molecule has 0 saturated heterocycles. The predicted molar refractivity (Wildman–Crippen MR) is 96.7 cm³/mol. The van der Waals surface area contributed by atoms with Crippen molar-refractivity contribution in [3.63, 3.8) is 0 Å². The molecule has 1 atom stereocenters. The summed E-state index contributed by atoms with van der Waals surface area (Å²) in [5.41, 5.74) is 0.825. The summed E-state index contributed by atoms with van der Waals surface area (Å²) in [6.07, 6.45) is -2.27. The van der Waals surface area contributed by atoms with Crippen molar-refractivity contribution in [2.45, 2.75) is 18.7 Å². The number of benzene rings is 2. The summed E-state index contributed by atoms with van der Waals surface area (Å²) < 4.78 is 40.3. The van der Waals surface area contributed by atoms with E-state index in [1.54, 1.807) is 12.1 Å². The number of hydrogen-bond donors (Lipinski definition) is 1. The van der Waals surface area contributed by atoms with Crippen LogP contribution in [-0.2, 0) is 6.61 Å². The average molecular weight is 430 g/mol. The van der Waals surface area contributed by atoms with Crippen LogP contribution in [0.25, 0.3) is 6.08 Å². The monoisotopic (exact) mass is 428 g/mol. The fraction of sp³-hybridized carbons (Fsp3) is 0.176. The van der Waals surface area contributed by atoms with Crippen LogP contribution in [-0.4, -0.2) is 11.3 Å². The highest BCUT2D eigenvalue weighted by atomic mass is 35.5. The van der Waals surface area contributed by atoms with Crippen molar-refractivity contribution in [2.24, 2.45) is 0 Å². The molecule has 2 rings (SSSR count). The summed E-state index contributed by atoms with van der Waals surface area (Å²) in [4.78, 5) is 0. The highest BCUT2D eigenvalue weighted by Crippen LogP contribution is 2.41. The minimum Gasteiger partial charge on any atom is -0.392 e. The third-order valence-electron chi connectivity index (χ3n) is 3.45. The van der Waals surface area contributed by atoms with Crippen molar-refractivity contribution in [3.8, 4) is 0 Å². The van der Waals surface area contributed by atoms with Gasteiger partial charge in [-0.05, 0) is 34.9 Å². The molecule has 0 aliphatic heterocycles. The first-order valence-corrected chi connectivity index (χ1v) is 8.43. The zero-order chi connectivity index (χ0) is 18.8. The molecule has 134 valence electrons. The maximum Gasteiger partial charge on any atom is 0.399 e. The van der Waals surface area contributed by atoms with Gasteiger partial charge >= 0.3 is 6.18 Å². The molecule has 1 unspecified atom stereocenters. The van der Waals surface area contributed by atoms with E-state index >= 15 is 0 Å². The van der Waals surface area contributed by atoms with Crippen molar-refractivity contribution in [1.82, 2.24) is 0 Å². The Morgan fingerprint density at radius 3 is 2.04 bits per heavy atom. The molecule has 0 fully saturated rings. The van der Waals surface area contributed by atoms with Crippen LogP contribution in [0, 0.1) is 0 Å². The maximum absolute atomic E-state index is 13.4. The molecular formula is C17H11Cl4F3O. The van der Waals surface area contributed by atoms with E-state index in [0.29, 0.717) is 11.1 Å². The molecule has 0 saturated carbocycles. The summed E-state index contributed by atoms with van der Waals surface area (Å²) in [5, 5.41) is 9.24. The lowest BCUT2D eigenvalue weighted by molar-refractivity contribution is -0.139. The zero-order valence-electron chi connectivity index (χ0n) is 12.4. The van der Waals surface area contributed by atoms with E-state index in [-0.39, 0.29) is 32.3 Å². The van der Waals surface area contributed by atoms with E-state index in [4.69, 9.17) is 51.5 Å². The Balaban J connectivity index is 2.41. The van der Waals surface area contributed by atoms with Crippen molar-refractivity contribution in [2.75, 3.05) is 0 Å². The summed E-state index contributed by atoms with van der Waals surface area (Å²) in [5.74, 6) is -1.92.